The fourth-order valence-electron chi connectivity index (χ4n) is 4.20. The number of nitrogens with one attached hydrogen (secondary N) is 1. The number of fused-ring (bicyclic) bond motifs is 1. The van der Waals surface area contributed by atoms with Crippen molar-refractivity contribution < 1.29 is 32.3 Å². The number of thioether (sulfide) groups is 1. The van der Waals surface area contributed by atoms with Gasteiger partial charge in [-0.1, -0.05) is 66.7 Å². The SMILES string of the molecule is O=C(CN1C(=O)S/C(=C\c2ccccc2OCc2cccc3ccccc23)C1=O)Nc1cccc(C(F)(F)F)c1. The van der Waals surface area contributed by atoms with Crippen LogP contribution in [0, 0.1) is 0 Å². The number of ether oxygens (including phenoxy) is 1. The van der Waals surface area contributed by atoms with Gasteiger partial charge in [-0.15, -0.1) is 0 Å². The number of imide groups is 1. The molecule has 1 saturated heterocycles. The molecule has 1 fully saturated rings. The molecule has 6 nitrogen and oxygen atoms in total. The van der Waals surface area contributed by atoms with E-state index in [1.54, 1.807) is 24.3 Å². The van der Waals surface area contributed by atoms with E-state index >= 15 is 0 Å². The third kappa shape index (κ3) is 6.02. The maximum absolute atomic E-state index is 13.0. The normalized spacial score (nSPS) is 14.7. The van der Waals surface area contributed by atoms with Gasteiger partial charge in [-0.25, -0.2) is 0 Å². The molecular weight excluding hydrogens is 541 g/mol. The average Bonchev–Trinajstić information content (AvgIpc) is 3.19. The Labute approximate surface area is 231 Å². The number of hydrogen-bond donors (Lipinski definition) is 1. The first-order valence-electron chi connectivity index (χ1n) is 12.1. The lowest BCUT2D eigenvalue weighted by molar-refractivity contribution is -0.137. The molecule has 4 aromatic carbocycles. The smallest absolute Gasteiger partial charge is 0.416 e. The number of anilines is 1. The Balaban J connectivity index is 1.28. The average molecular weight is 563 g/mol. The van der Waals surface area contributed by atoms with E-state index in [-0.39, 0.29) is 17.2 Å². The van der Waals surface area contributed by atoms with Crippen molar-refractivity contribution in [3.63, 3.8) is 0 Å². The standard InChI is InChI=1S/C30H21F3N2O4S/c31-30(32,33)22-11-6-12-23(16-22)34-27(36)17-35-28(37)26(40-29(35)38)15-20-8-2-4-14-25(20)39-18-21-10-5-9-19-7-1-3-13-24(19)21/h1-16H,17-18H2,(H,34,36)/b26-15-. The zero-order valence-corrected chi connectivity index (χ0v) is 21.6. The highest BCUT2D eigenvalue weighted by Crippen LogP contribution is 2.35. The second-order valence-electron chi connectivity index (χ2n) is 8.86. The third-order valence-electron chi connectivity index (χ3n) is 6.12. The predicted molar refractivity (Wildman–Crippen MR) is 147 cm³/mol. The highest BCUT2D eigenvalue weighted by atomic mass is 32.2. The first-order valence-corrected chi connectivity index (χ1v) is 12.9. The lowest BCUT2D eigenvalue weighted by Crippen LogP contribution is -2.36. The van der Waals surface area contributed by atoms with E-state index < -0.39 is 35.3 Å². The summed E-state index contributed by atoms with van der Waals surface area (Å²) in [5, 5.41) is 3.79. The Morgan fingerprint density at radius 2 is 1.65 bits per heavy atom. The zero-order valence-electron chi connectivity index (χ0n) is 20.8. The van der Waals surface area contributed by atoms with Crippen LogP contribution in [0.3, 0.4) is 0 Å². The van der Waals surface area contributed by atoms with Crippen LogP contribution in [-0.2, 0) is 22.4 Å². The van der Waals surface area contributed by atoms with E-state index in [0.717, 1.165) is 39.4 Å². The van der Waals surface area contributed by atoms with Crippen molar-refractivity contribution in [1.29, 1.82) is 0 Å². The summed E-state index contributed by atoms with van der Waals surface area (Å²) in [6.45, 7) is -0.360. The molecule has 0 bridgehead atoms. The Morgan fingerprint density at radius 3 is 2.48 bits per heavy atom. The summed E-state index contributed by atoms with van der Waals surface area (Å²) in [5.74, 6) is -0.982. The van der Waals surface area contributed by atoms with Crippen molar-refractivity contribution in [2.24, 2.45) is 0 Å². The molecule has 0 saturated carbocycles. The molecule has 1 heterocycles. The van der Waals surface area contributed by atoms with Gasteiger partial charge in [0.25, 0.3) is 11.1 Å². The lowest BCUT2D eigenvalue weighted by Gasteiger charge is -2.14. The molecule has 4 aromatic rings. The van der Waals surface area contributed by atoms with Gasteiger partial charge in [0.15, 0.2) is 0 Å². The van der Waals surface area contributed by atoms with Gasteiger partial charge in [-0.05, 0) is 58.4 Å². The van der Waals surface area contributed by atoms with Crippen LogP contribution >= 0.6 is 11.8 Å². The molecule has 1 N–H and O–H groups in total. The molecule has 1 aliphatic rings. The molecule has 40 heavy (non-hydrogen) atoms. The summed E-state index contributed by atoms with van der Waals surface area (Å²) in [6.07, 6.45) is -3.05. The first kappa shape index (κ1) is 27.0. The summed E-state index contributed by atoms with van der Waals surface area (Å²) in [7, 11) is 0. The number of halogens is 3. The molecule has 0 atom stereocenters. The van der Waals surface area contributed by atoms with Gasteiger partial charge >= 0.3 is 6.18 Å². The fourth-order valence-corrected chi connectivity index (χ4v) is 5.03. The molecule has 0 aromatic heterocycles. The summed E-state index contributed by atoms with van der Waals surface area (Å²) >= 11 is 0.670. The topological polar surface area (TPSA) is 75.7 Å². The summed E-state index contributed by atoms with van der Waals surface area (Å²) in [4.78, 5) is 38.8. The Hall–Kier alpha value is -4.57. The van der Waals surface area contributed by atoms with Crippen LogP contribution in [0.4, 0.5) is 23.7 Å². The largest absolute Gasteiger partial charge is 0.488 e. The maximum atomic E-state index is 13.0. The first-order chi connectivity index (χ1) is 19.2. The van der Waals surface area contributed by atoms with E-state index in [9.17, 15) is 27.6 Å². The number of rotatable bonds is 7. The molecule has 0 radical (unpaired) electrons. The van der Waals surface area contributed by atoms with Crippen LogP contribution in [0.15, 0.2) is 95.9 Å². The fraction of sp³-hybridized carbons (Fsp3) is 0.100. The summed E-state index contributed by atoms with van der Waals surface area (Å²) in [6, 6.07) is 25.0. The van der Waals surface area contributed by atoms with Gasteiger partial charge in [0.2, 0.25) is 5.91 Å². The number of alkyl halides is 3. The highest BCUT2D eigenvalue weighted by molar-refractivity contribution is 8.18. The van der Waals surface area contributed by atoms with Crippen LogP contribution in [0.2, 0.25) is 0 Å². The molecule has 10 heteroatoms. The molecule has 0 aliphatic carbocycles. The molecule has 0 spiro atoms. The van der Waals surface area contributed by atoms with Gasteiger partial charge in [-0.3, -0.25) is 19.3 Å². The lowest BCUT2D eigenvalue weighted by atomic mass is 10.1. The van der Waals surface area contributed by atoms with E-state index in [2.05, 4.69) is 5.32 Å². The van der Waals surface area contributed by atoms with Crippen LogP contribution in [0.5, 0.6) is 5.75 Å². The van der Waals surface area contributed by atoms with Crippen molar-refractivity contribution >= 4 is 51.4 Å². The summed E-state index contributed by atoms with van der Waals surface area (Å²) < 4.78 is 45.0. The Kier molecular flexibility index (Phi) is 7.61. The van der Waals surface area contributed by atoms with Crippen molar-refractivity contribution in [1.82, 2.24) is 4.90 Å². The van der Waals surface area contributed by atoms with Crippen molar-refractivity contribution in [2.45, 2.75) is 12.8 Å². The number of para-hydroxylation sites is 1. The number of benzene rings is 4. The predicted octanol–water partition coefficient (Wildman–Crippen LogP) is 7.11. The molecular formula is C30H21F3N2O4S. The van der Waals surface area contributed by atoms with E-state index in [1.807, 2.05) is 42.5 Å². The van der Waals surface area contributed by atoms with Crippen molar-refractivity contribution in [2.75, 3.05) is 11.9 Å². The van der Waals surface area contributed by atoms with Gasteiger partial charge < -0.3 is 10.1 Å². The Morgan fingerprint density at radius 1 is 0.925 bits per heavy atom. The zero-order chi connectivity index (χ0) is 28.3. The maximum Gasteiger partial charge on any atom is 0.416 e. The number of hydrogen-bond acceptors (Lipinski definition) is 5. The highest BCUT2D eigenvalue weighted by Gasteiger charge is 2.36. The number of nitrogens with zero attached hydrogens (tertiary/aromatic N) is 1. The Bertz CT molecular complexity index is 1650. The van der Waals surface area contributed by atoms with Crippen molar-refractivity contribution in [3.05, 3.63) is 113 Å². The second kappa shape index (κ2) is 11.3. The number of carbonyl (C=O) groups is 3. The van der Waals surface area contributed by atoms with Gasteiger partial charge in [0, 0.05) is 11.3 Å². The minimum absolute atomic E-state index is 0.0954. The van der Waals surface area contributed by atoms with Crippen LogP contribution in [-0.4, -0.2) is 28.5 Å². The molecule has 0 unspecified atom stereocenters. The minimum Gasteiger partial charge on any atom is -0.488 e. The quantitative estimate of drug-likeness (QED) is 0.243. The summed E-state index contributed by atoms with van der Waals surface area (Å²) in [5.41, 5.74) is 0.530. The van der Waals surface area contributed by atoms with Crippen LogP contribution in [0.1, 0.15) is 16.7 Å². The van der Waals surface area contributed by atoms with Crippen LogP contribution < -0.4 is 10.1 Å². The van der Waals surface area contributed by atoms with Gasteiger partial charge in [-0.2, -0.15) is 13.2 Å². The monoisotopic (exact) mass is 562 g/mol. The number of carbonyl (C=O) groups excluding carboxylic acids is 3. The molecule has 202 valence electrons. The van der Waals surface area contributed by atoms with Crippen molar-refractivity contribution in [3.8, 4) is 5.75 Å². The second-order valence-corrected chi connectivity index (χ2v) is 9.85. The molecule has 5 rings (SSSR count). The molecule has 3 amide bonds. The van der Waals surface area contributed by atoms with E-state index in [4.69, 9.17) is 4.74 Å². The van der Waals surface area contributed by atoms with Crippen LogP contribution in [0.25, 0.3) is 16.8 Å². The molecule has 1 aliphatic heterocycles. The van der Waals surface area contributed by atoms with E-state index in [1.165, 1.54) is 12.1 Å². The minimum atomic E-state index is -4.58. The van der Waals surface area contributed by atoms with E-state index in [0.29, 0.717) is 23.1 Å². The van der Waals surface area contributed by atoms with Gasteiger partial charge in [0.05, 0.1) is 10.5 Å². The third-order valence-corrected chi connectivity index (χ3v) is 7.03. The number of amides is 3. The van der Waals surface area contributed by atoms with Gasteiger partial charge in [0.1, 0.15) is 18.9 Å².